The van der Waals surface area contributed by atoms with Crippen molar-refractivity contribution in [3.8, 4) is 0 Å². The molecule has 6 nitrogen and oxygen atoms in total. The highest BCUT2D eigenvalue weighted by Crippen LogP contribution is 2.46. The molecule has 3 N–H and O–H groups in total. The predicted octanol–water partition coefficient (Wildman–Crippen LogP) is 3.60. The molecule has 2 aliphatic carbocycles. The SMILES string of the molecule is NC1(C(=O)OC2(Nc3ccccc3)CCCC2n2ncc3ccccc32)CC1. The van der Waals surface area contributed by atoms with Crippen molar-refractivity contribution in [1.29, 1.82) is 0 Å². The zero-order chi connectivity index (χ0) is 19.2. The van der Waals surface area contributed by atoms with Gasteiger partial charge in [0.15, 0.2) is 0 Å². The summed E-state index contributed by atoms with van der Waals surface area (Å²) < 4.78 is 8.18. The van der Waals surface area contributed by atoms with Gasteiger partial charge in [0.2, 0.25) is 5.72 Å². The first-order valence-corrected chi connectivity index (χ1v) is 9.88. The summed E-state index contributed by atoms with van der Waals surface area (Å²) in [6.45, 7) is 0. The van der Waals surface area contributed by atoms with Crippen molar-refractivity contribution in [2.24, 2.45) is 5.73 Å². The standard InChI is InChI=1S/C22H24N4O2/c23-21(13-14-21)20(27)28-22(25-17-8-2-1-3-9-17)12-6-11-19(22)26-18-10-5-4-7-16(18)15-24-26/h1-5,7-10,15,19,25H,6,11-14,23H2. The van der Waals surface area contributed by atoms with E-state index < -0.39 is 11.3 Å². The molecule has 1 heterocycles. The lowest BCUT2D eigenvalue weighted by Crippen LogP contribution is -2.51. The molecule has 0 radical (unpaired) electrons. The summed E-state index contributed by atoms with van der Waals surface area (Å²) >= 11 is 0. The number of nitrogens with zero attached hydrogens (tertiary/aromatic N) is 2. The van der Waals surface area contributed by atoms with Gasteiger partial charge in [-0.15, -0.1) is 0 Å². The Kier molecular flexibility index (Phi) is 3.91. The third-order valence-electron chi connectivity index (χ3n) is 5.96. The van der Waals surface area contributed by atoms with Gasteiger partial charge in [-0.3, -0.25) is 4.68 Å². The van der Waals surface area contributed by atoms with Crippen LogP contribution in [0.3, 0.4) is 0 Å². The molecule has 0 bridgehead atoms. The smallest absolute Gasteiger partial charge is 0.328 e. The van der Waals surface area contributed by atoms with Crippen LogP contribution in [0.2, 0.25) is 0 Å². The normalized spacial score (nSPS) is 25.5. The van der Waals surface area contributed by atoms with Gasteiger partial charge in [0.1, 0.15) is 11.6 Å². The van der Waals surface area contributed by atoms with Gasteiger partial charge in [0, 0.05) is 17.5 Å². The maximum atomic E-state index is 12.8. The average molecular weight is 376 g/mol. The van der Waals surface area contributed by atoms with Gasteiger partial charge in [-0.1, -0.05) is 36.4 Å². The van der Waals surface area contributed by atoms with Gasteiger partial charge in [-0.25, -0.2) is 4.79 Å². The summed E-state index contributed by atoms with van der Waals surface area (Å²) in [4.78, 5) is 12.8. The molecule has 28 heavy (non-hydrogen) atoms. The van der Waals surface area contributed by atoms with Crippen LogP contribution in [0.25, 0.3) is 10.9 Å². The number of aromatic nitrogens is 2. The van der Waals surface area contributed by atoms with Crippen molar-refractivity contribution in [1.82, 2.24) is 9.78 Å². The highest BCUT2D eigenvalue weighted by atomic mass is 16.6. The van der Waals surface area contributed by atoms with Crippen LogP contribution in [0.4, 0.5) is 5.69 Å². The minimum Gasteiger partial charge on any atom is -0.435 e. The van der Waals surface area contributed by atoms with Crippen LogP contribution in [0.15, 0.2) is 60.8 Å². The second kappa shape index (κ2) is 6.34. The maximum Gasteiger partial charge on any atom is 0.328 e. The fourth-order valence-electron chi connectivity index (χ4n) is 4.18. The summed E-state index contributed by atoms with van der Waals surface area (Å²) in [7, 11) is 0. The molecule has 144 valence electrons. The maximum absolute atomic E-state index is 12.8. The number of para-hydroxylation sites is 2. The number of carbonyl (C=O) groups excluding carboxylic acids is 1. The van der Waals surface area contributed by atoms with Gasteiger partial charge in [0.05, 0.1) is 11.7 Å². The van der Waals surface area contributed by atoms with Crippen molar-refractivity contribution in [3.05, 3.63) is 60.8 Å². The average Bonchev–Trinajstić information content (AvgIpc) is 3.15. The van der Waals surface area contributed by atoms with Crippen molar-refractivity contribution in [2.75, 3.05) is 5.32 Å². The Hall–Kier alpha value is -2.86. The molecule has 5 rings (SSSR count). The van der Waals surface area contributed by atoms with Crippen LogP contribution >= 0.6 is 0 Å². The quantitative estimate of drug-likeness (QED) is 0.525. The molecule has 2 fully saturated rings. The summed E-state index contributed by atoms with van der Waals surface area (Å²) in [6, 6.07) is 17.9. The number of nitrogens with one attached hydrogen (secondary N) is 1. The van der Waals surface area contributed by atoms with E-state index in [0.29, 0.717) is 19.3 Å². The number of rotatable bonds is 5. The van der Waals surface area contributed by atoms with Gasteiger partial charge >= 0.3 is 5.97 Å². The molecule has 2 aromatic carbocycles. The fourth-order valence-corrected chi connectivity index (χ4v) is 4.18. The van der Waals surface area contributed by atoms with Gasteiger partial charge in [-0.2, -0.15) is 5.10 Å². The minimum absolute atomic E-state index is 0.112. The number of nitrogens with two attached hydrogens (primary N) is 1. The number of hydrogen-bond acceptors (Lipinski definition) is 5. The van der Waals surface area contributed by atoms with E-state index in [0.717, 1.165) is 29.4 Å². The summed E-state index contributed by atoms with van der Waals surface area (Å²) in [5.41, 5.74) is 6.41. The molecule has 2 unspecified atom stereocenters. The van der Waals surface area contributed by atoms with E-state index in [4.69, 9.17) is 10.5 Å². The van der Waals surface area contributed by atoms with E-state index in [-0.39, 0.29) is 12.0 Å². The van der Waals surface area contributed by atoms with Crippen LogP contribution in [0.5, 0.6) is 0 Å². The van der Waals surface area contributed by atoms with Gasteiger partial charge in [0.25, 0.3) is 0 Å². The van der Waals surface area contributed by atoms with Crippen LogP contribution in [-0.4, -0.2) is 27.0 Å². The molecule has 2 saturated carbocycles. The lowest BCUT2D eigenvalue weighted by Gasteiger charge is -2.37. The van der Waals surface area contributed by atoms with Gasteiger partial charge < -0.3 is 15.8 Å². The Labute approximate surface area is 163 Å². The molecule has 0 aliphatic heterocycles. The van der Waals surface area contributed by atoms with E-state index in [1.807, 2.05) is 59.4 Å². The Bertz CT molecular complexity index is 1010. The number of anilines is 1. The highest BCUT2D eigenvalue weighted by Gasteiger charge is 2.54. The first-order chi connectivity index (χ1) is 13.6. The second-order valence-electron chi connectivity index (χ2n) is 7.98. The summed E-state index contributed by atoms with van der Waals surface area (Å²) in [5.74, 6) is -0.320. The van der Waals surface area contributed by atoms with Crippen molar-refractivity contribution in [3.63, 3.8) is 0 Å². The Morgan fingerprint density at radius 2 is 1.86 bits per heavy atom. The second-order valence-corrected chi connectivity index (χ2v) is 7.98. The third kappa shape index (κ3) is 2.85. The Morgan fingerprint density at radius 1 is 1.11 bits per heavy atom. The monoisotopic (exact) mass is 376 g/mol. The zero-order valence-electron chi connectivity index (χ0n) is 15.7. The number of fused-ring (bicyclic) bond motifs is 1. The molecule has 2 aliphatic rings. The van der Waals surface area contributed by atoms with Crippen molar-refractivity contribution < 1.29 is 9.53 Å². The lowest BCUT2D eigenvalue weighted by molar-refractivity contribution is -0.162. The number of ether oxygens (including phenoxy) is 1. The van der Waals surface area contributed by atoms with E-state index >= 15 is 0 Å². The lowest BCUT2D eigenvalue weighted by atomic mass is 10.1. The molecule has 1 aromatic heterocycles. The predicted molar refractivity (Wildman–Crippen MR) is 108 cm³/mol. The topological polar surface area (TPSA) is 82.2 Å². The van der Waals surface area contributed by atoms with Gasteiger partial charge in [-0.05, 0) is 43.9 Å². The number of esters is 1. The molecular formula is C22H24N4O2. The summed E-state index contributed by atoms with van der Waals surface area (Å²) in [5, 5.41) is 9.26. The molecule has 0 spiro atoms. The minimum atomic E-state index is -0.873. The molecule has 3 aromatic rings. The molecule has 0 saturated heterocycles. The number of benzene rings is 2. The first kappa shape index (κ1) is 17.3. The van der Waals surface area contributed by atoms with E-state index in [2.05, 4.69) is 16.5 Å². The fraction of sp³-hybridized carbons (Fsp3) is 0.364. The number of carbonyl (C=O) groups is 1. The number of hydrogen-bond donors (Lipinski definition) is 2. The first-order valence-electron chi connectivity index (χ1n) is 9.88. The molecule has 2 atom stereocenters. The Balaban J connectivity index is 1.56. The Morgan fingerprint density at radius 3 is 2.64 bits per heavy atom. The molecule has 6 heteroatoms. The van der Waals surface area contributed by atoms with E-state index in [1.54, 1.807) is 0 Å². The van der Waals surface area contributed by atoms with Crippen LogP contribution in [0, 0.1) is 0 Å². The largest absolute Gasteiger partial charge is 0.435 e. The van der Waals surface area contributed by atoms with Crippen molar-refractivity contribution in [2.45, 2.75) is 49.4 Å². The third-order valence-corrected chi connectivity index (χ3v) is 5.96. The van der Waals surface area contributed by atoms with Crippen molar-refractivity contribution >= 4 is 22.6 Å². The van der Waals surface area contributed by atoms with Crippen LogP contribution < -0.4 is 11.1 Å². The van der Waals surface area contributed by atoms with E-state index in [1.165, 1.54) is 0 Å². The van der Waals surface area contributed by atoms with E-state index in [9.17, 15) is 4.79 Å². The molecule has 0 amide bonds. The summed E-state index contributed by atoms with van der Waals surface area (Å²) in [6.07, 6.45) is 5.75. The van der Waals surface area contributed by atoms with Crippen LogP contribution in [-0.2, 0) is 9.53 Å². The molecular weight excluding hydrogens is 352 g/mol. The zero-order valence-corrected chi connectivity index (χ0v) is 15.7. The highest BCUT2D eigenvalue weighted by molar-refractivity contribution is 5.84. The van der Waals surface area contributed by atoms with Crippen LogP contribution in [0.1, 0.15) is 38.1 Å².